The number of aliphatic hydroxyl groups excluding tert-OH is 3. The first-order valence-corrected chi connectivity index (χ1v) is 19.2. The Morgan fingerprint density at radius 2 is 1.60 bits per heavy atom. The van der Waals surface area contributed by atoms with Gasteiger partial charge in [-0.05, 0) is 80.7 Å². The van der Waals surface area contributed by atoms with Crippen LogP contribution in [0.25, 0.3) is 0 Å². The molecule has 3 rings (SSSR count). The van der Waals surface area contributed by atoms with Gasteiger partial charge in [0.2, 0.25) is 6.41 Å². The molecule has 15 nitrogen and oxygen atoms in total. The number of amides is 1. The number of ether oxygens (including phenoxy) is 6. The summed E-state index contributed by atoms with van der Waals surface area (Å²) in [5.74, 6) is -2.78. The number of esters is 1. The molecule has 0 aliphatic carbocycles. The number of hydrogen-bond donors (Lipinski definition) is 5. The van der Waals surface area contributed by atoms with Gasteiger partial charge in [-0.2, -0.15) is 0 Å². The predicted octanol–water partition coefficient (Wildman–Crippen LogP) is 1.43. The molecule has 9 unspecified atom stereocenters. The summed E-state index contributed by atoms with van der Waals surface area (Å²) in [4.78, 5) is 29.2. The van der Waals surface area contributed by atoms with Gasteiger partial charge in [-0.15, -0.1) is 0 Å². The molecule has 3 fully saturated rings. The zero-order valence-electron chi connectivity index (χ0n) is 34.2. The van der Waals surface area contributed by atoms with Crippen molar-refractivity contribution in [1.82, 2.24) is 9.80 Å². The maximum atomic E-state index is 14.2. The summed E-state index contributed by atoms with van der Waals surface area (Å²) in [6.45, 7) is 17.6. The van der Waals surface area contributed by atoms with Gasteiger partial charge in [0.1, 0.15) is 30.0 Å². The second kappa shape index (κ2) is 18.2. The van der Waals surface area contributed by atoms with E-state index in [9.17, 15) is 35.1 Å². The lowest BCUT2D eigenvalue weighted by Gasteiger charge is -2.48. The minimum atomic E-state index is -1.82. The van der Waals surface area contributed by atoms with Gasteiger partial charge in [0, 0.05) is 39.1 Å². The lowest BCUT2D eigenvalue weighted by atomic mass is 9.77. The van der Waals surface area contributed by atoms with Gasteiger partial charge in [-0.3, -0.25) is 9.59 Å². The molecule has 3 aliphatic rings. The van der Waals surface area contributed by atoms with Crippen molar-refractivity contribution in [1.29, 1.82) is 0 Å². The number of carbonyl (C=O) groups excluding carboxylic acids is 2. The number of rotatable bonds is 8. The molecular formula is C38H70N2O13. The van der Waals surface area contributed by atoms with Crippen LogP contribution in [-0.2, 0) is 38.0 Å². The predicted molar refractivity (Wildman–Crippen MR) is 194 cm³/mol. The highest BCUT2D eigenvalue weighted by atomic mass is 16.7. The maximum absolute atomic E-state index is 14.2. The van der Waals surface area contributed by atoms with E-state index in [1.807, 2.05) is 25.8 Å². The third-order valence-corrected chi connectivity index (χ3v) is 12.2. The van der Waals surface area contributed by atoms with Crippen molar-refractivity contribution >= 4 is 12.4 Å². The molecule has 0 saturated carbocycles. The van der Waals surface area contributed by atoms with Gasteiger partial charge in [0.15, 0.2) is 12.6 Å². The summed E-state index contributed by atoms with van der Waals surface area (Å²) in [5, 5.41) is 58.1. The van der Waals surface area contributed by atoms with Gasteiger partial charge in [0.05, 0.1) is 47.6 Å². The standard InChI is InChI=1S/C38H70N2O13/c1-14-27-38(10,47)31(43)24(6)39(11)18-20(2)16-36(8,46)33(53-35-29(42)26(40(12)19-41)15-21(3)49-35)22(4)30(23(5)34(45)51-27)52-28-17-37(9,48-13)32(44)25(7)50-28/h19-33,35,42-44,46-47H,14-18H2,1-13H3/t20-,21?,22+,23+,24+,25?,26?,27-,28?,29?,30+,31+,32?,33-,35?,36+,37?,38?/m0/s1. The van der Waals surface area contributed by atoms with E-state index in [0.717, 1.165) is 0 Å². The molecule has 3 saturated heterocycles. The van der Waals surface area contributed by atoms with Crippen LogP contribution in [0.3, 0.4) is 0 Å². The maximum Gasteiger partial charge on any atom is 0.311 e. The van der Waals surface area contributed by atoms with Crippen LogP contribution in [-0.4, -0.2) is 166 Å². The first-order chi connectivity index (χ1) is 24.4. The third-order valence-electron chi connectivity index (χ3n) is 12.2. The van der Waals surface area contributed by atoms with E-state index in [2.05, 4.69) is 0 Å². The minimum absolute atomic E-state index is 0.101. The molecule has 18 atom stereocenters. The second-order valence-electron chi connectivity index (χ2n) is 17.0. The van der Waals surface area contributed by atoms with E-state index in [4.69, 9.17) is 28.4 Å². The molecule has 53 heavy (non-hydrogen) atoms. The number of likely N-dealkylation sites (N-methyl/N-ethyl adjacent to an activating group) is 2. The molecule has 15 heteroatoms. The molecule has 5 N–H and O–H groups in total. The van der Waals surface area contributed by atoms with Crippen LogP contribution in [0, 0.1) is 17.8 Å². The Kier molecular flexibility index (Phi) is 15.7. The highest BCUT2D eigenvalue weighted by molar-refractivity contribution is 5.73. The number of aliphatic hydroxyl groups is 5. The summed E-state index contributed by atoms with van der Waals surface area (Å²) in [7, 11) is 4.88. The Morgan fingerprint density at radius 1 is 0.981 bits per heavy atom. The molecule has 0 aromatic carbocycles. The first-order valence-electron chi connectivity index (χ1n) is 19.2. The van der Waals surface area contributed by atoms with Gasteiger partial charge in [-0.1, -0.05) is 20.8 Å². The quantitative estimate of drug-likeness (QED) is 0.176. The first kappa shape index (κ1) is 45.9. The average molecular weight is 763 g/mol. The Balaban J connectivity index is 2.18. The lowest BCUT2D eigenvalue weighted by Crippen LogP contribution is -2.60. The SMILES string of the molecule is CC[C@@H]1OC(=O)[C@H](C)[C@H](OC2CC(C)(OC)C(O)C(C)O2)[C@@H](C)[C@H](OC2OC(C)CC(N(C)C=O)C2O)[C@](C)(O)C[C@H](C)CN(C)[C@H](C)[C@@H](O)C1(C)O. The number of cyclic esters (lactones) is 1. The van der Waals surface area contributed by atoms with Crippen molar-refractivity contribution in [3.8, 4) is 0 Å². The van der Waals surface area contributed by atoms with Crippen LogP contribution in [0.4, 0.5) is 0 Å². The molecular weight excluding hydrogens is 692 g/mol. The van der Waals surface area contributed by atoms with Crippen molar-refractivity contribution < 1.29 is 63.5 Å². The van der Waals surface area contributed by atoms with E-state index in [0.29, 0.717) is 19.4 Å². The van der Waals surface area contributed by atoms with Crippen molar-refractivity contribution in [3.63, 3.8) is 0 Å². The van der Waals surface area contributed by atoms with Crippen LogP contribution >= 0.6 is 0 Å². The third kappa shape index (κ3) is 10.3. The molecule has 0 spiro atoms. The van der Waals surface area contributed by atoms with E-state index in [1.54, 1.807) is 55.5 Å². The Labute approximate surface area is 316 Å². The molecule has 0 aromatic rings. The molecule has 3 heterocycles. The van der Waals surface area contributed by atoms with Crippen LogP contribution in [0.15, 0.2) is 0 Å². The lowest BCUT2D eigenvalue weighted by molar-refractivity contribution is -0.317. The van der Waals surface area contributed by atoms with E-state index >= 15 is 0 Å². The summed E-state index contributed by atoms with van der Waals surface area (Å²) in [6, 6.07) is -1.19. The fourth-order valence-electron chi connectivity index (χ4n) is 8.71. The smallest absolute Gasteiger partial charge is 0.311 e. The largest absolute Gasteiger partial charge is 0.459 e. The summed E-state index contributed by atoms with van der Waals surface area (Å²) in [6.07, 6.45) is -8.72. The summed E-state index contributed by atoms with van der Waals surface area (Å²) >= 11 is 0. The van der Waals surface area contributed by atoms with E-state index in [-0.39, 0.29) is 25.2 Å². The summed E-state index contributed by atoms with van der Waals surface area (Å²) < 4.78 is 37.3. The van der Waals surface area contributed by atoms with Crippen molar-refractivity contribution in [3.05, 3.63) is 0 Å². The van der Waals surface area contributed by atoms with Gasteiger partial charge < -0.3 is 63.8 Å². The van der Waals surface area contributed by atoms with Crippen LogP contribution < -0.4 is 0 Å². The van der Waals surface area contributed by atoms with Crippen LogP contribution in [0.5, 0.6) is 0 Å². The number of nitrogens with zero attached hydrogens (tertiary/aromatic N) is 2. The normalized spacial score (nSPS) is 48.6. The van der Waals surface area contributed by atoms with E-state index in [1.165, 1.54) is 18.9 Å². The van der Waals surface area contributed by atoms with Gasteiger partial charge in [-0.25, -0.2) is 0 Å². The molecule has 3 aliphatic heterocycles. The van der Waals surface area contributed by atoms with Crippen molar-refractivity contribution in [2.24, 2.45) is 17.8 Å². The molecule has 0 radical (unpaired) electrons. The van der Waals surface area contributed by atoms with Gasteiger partial charge >= 0.3 is 5.97 Å². The average Bonchev–Trinajstić information content (AvgIpc) is 3.09. The Hall–Kier alpha value is -1.50. The summed E-state index contributed by atoms with van der Waals surface area (Å²) in [5.41, 5.74) is -4.50. The minimum Gasteiger partial charge on any atom is -0.459 e. The highest BCUT2D eigenvalue weighted by Gasteiger charge is 2.52. The monoisotopic (exact) mass is 762 g/mol. The van der Waals surface area contributed by atoms with Crippen molar-refractivity contribution in [2.45, 2.75) is 185 Å². The molecule has 310 valence electrons. The number of methoxy groups -OCH3 is 1. The number of carbonyl (C=O) groups is 2. The zero-order valence-corrected chi connectivity index (χ0v) is 34.2. The highest BCUT2D eigenvalue weighted by Crippen LogP contribution is 2.40. The topological polar surface area (TPSA) is 197 Å². The molecule has 0 aromatic heterocycles. The number of hydrogen-bond acceptors (Lipinski definition) is 14. The Bertz CT molecular complexity index is 1190. The Morgan fingerprint density at radius 3 is 2.17 bits per heavy atom. The fourth-order valence-corrected chi connectivity index (χ4v) is 8.71. The second-order valence-corrected chi connectivity index (χ2v) is 17.0. The van der Waals surface area contributed by atoms with E-state index < -0.39 is 108 Å². The molecule has 1 amide bonds. The van der Waals surface area contributed by atoms with Crippen molar-refractivity contribution in [2.75, 3.05) is 27.7 Å². The zero-order chi connectivity index (χ0) is 40.4. The van der Waals surface area contributed by atoms with Gasteiger partial charge in [0.25, 0.3) is 0 Å². The van der Waals surface area contributed by atoms with Crippen LogP contribution in [0.1, 0.15) is 94.9 Å². The van der Waals surface area contributed by atoms with Crippen LogP contribution in [0.2, 0.25) is 0 Å². The fraction of sp³-hybridized carbons (Fsp3) is 0.947. The molecule has 0 bridgehead atoms.